The molecule has 0 aliphatic rings. The van der Waals surface area contributed by atoms with E-state index < -0.39 is 20.1 Å². The number of rotatable bonds is 2. The summed E-state index contributed by atoms with van der Waals surface area (Å²) in [5.74, 6) is -0.125. The van der Waals surface area contributed by atoms with Crippen LogP contribution < -0.4 is 4.43 Å². The van der Waals surface area contributed by atoms with E-state index in [1.165, 1.54) is 0 Å². The molecule has 1 rings (SSSR count). The van der Waals surface area contributed by atoms with Crippen molar-refractivity contribution >= 4 is 40.2 Å². The van der Waals surface area contributed by atoms with Crippen molar-refractivity contribution in [3.8, 4) is 5.75 Å². The van der Waals surface area contributed by atoms with Gasteiger partial charge in [0.15, 0.2) is 0 Å². The molecule has 96 valence electrons. The summed E-state index contributed by atoms with van der Waals surface area (Å²) >= 11 is 6.16. The van der Waals surface area contributed by atoms with Crippen LogP contribution in [0.1, 0.15) is 5.56 Å². The Kier molecular flexibility index (Phi) is 4.36. The van der Waals surface area contributed by atoms with Crippen LogP contribution in [-0.2, 0) is 6.18 Å². The lowest BCUT2D eigenvalue weighted by molar-refractivity contribution is -0.138. The number of halogens is 5. The molecule has 0 aliphatic carbocycles. The molecule has 0 radical (unpaired) electrons. The van der Waals surface area contributed by atoms with Gasteiger partial charge in [0, 0.05) is 4.47 Å². The van der Waals surface area contributed by atoms with E-state index in [4.69, 9.17) is 4.43 Å². The van der Waals surface area contributed by atoms with E-state index in [9.17, 15) is 13.2 Å². The second-order valence-corrected chi connectivity index (χ2v) is 10.7. The number of hydrogen-bond donors (Lipinski definition) is 0. The third-order valence-corrected chi connectivity index (χ3v) is 3.59. The highest BCUT2D eigenvalue weighted by atomic mass is 79.9. The zero-order valence-corrected chi connectivity index (χ0v) is 13.6. The number of benzene rings is 1. The molecular formula is C10H11Br2F3OSi. The minimum Gasteiger partial charge on any atom is -0.543 e. The molecule has 1 aromatic carbocycles. The van der Waals surface area contributed by atoms with Gasteiger partial charge in [0.1, 0.15) is 5.75 Å². The maximum absolute atomic E-state index is 12.9. The van der Waals surface area contributed by atoms with Crippen LogP contribution in [0.25, 0.3) is 0 Å². The van der Waals surface area contributed by atoms with Crippen LogP contribution in [0.4, 0.5) is 13.2 Å². The van der Waals surface area contributed by atoms with E-state index in [1.807, 2.05) is 19.6 Å². The van der Waals surface area contributed by atoms with Gasteiger partial charge in [-0.3, -0.25) is 0 Å². The van der Waals surface area contributed by atoms with Gasteiger partial charge in [0.25, 0.3) is 0 Å². The highest BCUT2D eigenvalue weighted by Gasteiger charge is 2.37. The molecule has 0 aromatic heterocycles. The third-order valence-electron chi connectivity index (χ3n) is 1.72. The Morgan fingerprint density at radius 1 is 1.12 bits per heavy atom. The first-order valence-corrected chi connectivity index (χ1v) is 9.75. The lowest BCUT2D eigenvalue weighted by Crippen LogP contribution is -2.30. The average Bonchev–Trinajstić information content (AvgIpc) is 2.05. The molecule has 0 spiro atoms. The van der Waals surface area contributed by atoms with Crippen molar-refractivity contribution in [2.24, 2.45) is 0 Å². The first-order valence-electron chi connectivity index (χ1n) is 4.76. The summed E-state index contributed by atoms with van der Waals surface area (Å²) < 4.78 is 44.8. The van der Waals surface area contributed by atoms with Crippen molar-refractivity contribution in [1.29, 1.82) is 0 Å². The van der Waals surface area contributed by atoms with Crippen LogP contribution in [0.2, 0.25) is 19.6 Å². The van der Waals surface area contributed by atoms with E-state index in [0.29, 0.717) is 8.95 Å². The second-order valence-electron chi connectivity index (χ2n) is 4.48. The van der Waals surface area contributed by atoms with Gasteiger partial charge < -0.3 is 4.43 Å². The van der Waals surface area contributed by atoms with Gasteiger partial charge in [-0.15, -0.1) is 0 Å². The normalized spacial score (nSPS) is 12.7. The van der Waals surface area contributed by atoms with Gasteiger partial charge in [-0.2, -0.15) is 13.2 Å². The van der Waals surface area contributed by atoms with Gasteiger partial charge in [-0.05, 0) is 47.7 Å². The quantitative estimate of drug-likeness (QED) is 0.609. The molecule has 0 bridgehead atoms. The van der Waals surface area contributed by atoms with E-state index in [1.54, 1.807) is 6.07 Å². The van der Waals surface area contributed by atoms with E-state index >= 15 is 0 Å². The molecule has 1 aromatic rings. The fraction of sp³-hybridized carbons (Fsp3) is 0.400. The minimum absolute atomic E-state index is 0.125. The zero-order chi connectivity index (χ0) is 13.4. The molecule has 0 amide bonds. The topological polar surface area (TPSA) is 9.23 Å². The van der Waals surface area contributed by atoms with Gasteiger partial charge in [0.2, 0.25) is 8.32 Å². The van der Waals surface area contributed by atoms with Crippen LogP contribution >= 0.6 is 31.9 Å². The fourth-order valence-corrected chi connectivity index (χ4v) is 3.47. The summed E-state index contributed by atoms with van der Waals surface area (Å²) in [6.45, 7) is 5.50. The maximum atomic E-state index is 12.9. The minimum atomic E-state index is -4.43. The first-order chi connectivity index (χ1) is 7.50. The molecule has 17 heavy (non-hydrogen) atoms. The fourth-order valence-electron chi connectivity index (χ4n) is 1.18. The van der Waals surface area contributed by atoms with E-state index in [0.717, 1.165) is 6.07 Å². The molecule has 0 fully saturated rings. The molecule has 0 unspecified atom stereocenters. The Morgan fingerprint density at radius 2 is 1.65 bits per heavy atom. The molecule has 0 aliphatic heterocycles. The summed E-state index contributed by atoms with van der Waals surface area (Å²) in [6, 6.07) is 2.57. The maximum Gasteiger partial charge on any atom is 0.419 e. The summed E-state index contributed by atoms with van der Waals surface area (Å²) in [5, 5.41) is 0. The van der Waals surface area contributed by atoms with Crippen LogP contribution in [0.5, 0.6) is 5.75 Å². The SMILES string of the molecule is C[Si](C)(C)Oc1c(Br)cc(Br)cc1C(F)(F)F. The summed E-state index contributed by atoms with van der Waals surface area (Å²) in [5.41, 5.74) is -0.763. The number of alkyl halides is 3. The second kappa shape index (κ2) is 4.93. The molecule has 0 N–H and O–H groups in total. The van der Waals surface area contributed by atoms with Crippen molar-refractivity contribution in [2.45, 2.75) is 25.8 Å². The van der Waals surface area contributed by atoms with Crippen LogP contribution in [0.3, 0.4) is 0 Å². The highest BCUT2D eigenvalue weighted by Crippen LogP contribution is 2.43. The zero-order valence-electron chi connectivity index (χ0n) is 9.45. The monoisotopic (exact) mass is 390 g/mol. The van der Waals surface area contributed by atoms with Crippen molar-refractivity contribution in [3.63, 3.8) is 0 Å². The Hall–Kier alpha value is -0.0131. The predicted molar refractivity (Wildman–Crippen MR) is 70.8 cm³/mol. The summed E-state index contributed by atoms with van der Waals surface area (Å²) in [6.07, 6.45) is -4.43. The molecule has 0 heterocycles. The smallest absolute Gasteiger partial charge is 0.419 e. The van der Waals surface area contributed by atoms with Crippen molar-refractivity contribution in [3.05, 3.63) is 26.6 Å². The third kappa shape index (κ3) is 4.29. The van der Waals surface area contributed by atoms with Crippen molar-refractivity contribution in [2.75, 3.05) is 0 Å². The average molecular weight is 392 g/mol. The Morgan fingerprint density at radius 3 is 2.06 bits per heavy atom. The lowest BCUT2D eigenvalue weighted by Gasteiger charge is -2.24. The summed E-state index contributed by atoms with van der Waals surface area (Å²) in [7, 11) is -2.10. The largest absolute Gasteiger partial charge is 0.543 e. The molecule has 0 saturated carbocycles. The predicted octanol–water partition coefficient (Wildman–Crippen LogP) is 5.44. The van der Waals surface area contributed by atoms with E-state index in [2.05, 4.69) is 31.9 Å². The van der Waals surface area contributed by atoms with Gasteiger partial charge in [0.05, 0.1) is 10.0 Å². The Bertz CT molecular complexity index is 427. The van der Waals surface area contributed by atoms with Crippen molar-refractivity contribution in [1.82, 2.24) is 0 Å². The van der Waals surface area contributed by atoms with Crippen molar-refractivity contribution < 1.29 is 17.6 Å². The molecule has 0 saturated heterocycles. The van der Waals surface area contributed by atoms with Gasteiger partial charge >= 0.3 is 6.18 Å². The van der Waals surface area contributed by atoms with Crippen LogP contribution in [-0.4, -0.2) is 8.32 Å². The molecule has 7 heteroatoms. The van der Waals surface area contributed by atoms with Gasteiger partial charge in [-0.25, -0.2) is 0 Å². The van der Waals surface area contributed by atoms with Gasteiger partial charge in [-0.1, -0.05) is 15.9 Å². The highest BCUT2D eigenvalue weighted by molar-refractivity contribution is 9.11. The molecular weight excluding hydrogens is 381 g/mol. The number of hydrogen-bond acceptors (Lipinski definition) is 1. The standard InChI is InChI=1S/C10H11Br2F3OSi/c1-17(2,3)16-9-7(10(13,14)15)4-6(11)5-8(9)12/h4-5H,1-3H3. The first kappa shape index (κ1) is 15.0. The summed E-state index contributed by atoms with van der Waals surface area (Å²) in [4.78, 5) is 0. The Balaban J connectivity index is 3.36. The van der Waals surface area contributed by atoms with E-state index in [-0.39, 0.29) is 5.75 Å². The van der Waals surface area contributed by atoms with Crippen LogP contribution in [0.15, 0.2) is 21.1 Å². The Labute approximate surface area is 116 Å². The lowest BCUT2D eigenvalue weighted by atomic mass is 10.2. The molecule has 1 nitrogen and oxygen atoms in total. The van der Waals surface area contributed by atoms with Crippen LogP contribution in [0, 0.1) is 0 Å². The molecule has 0 atom stereocenters.